The van der Waals surface area contributed by atoms with Gasteiger partial charge in [0.15, 0.2) is 0 Å². The Balaban J connectivity index is 1.88. The van der Waals surface area contributed by atoms with Gasteiger partial charge in [0.1, 0.15) is 11.8 Å². The van der Waals surface area contributed by atoms with E-state index in [1.54, 1.807) is 24.8 Å². The molecule has 0 aliphatic carbocycles. The quantitative estimate of drug-likeness (QED) is 0.803. The largest absolute Gasteiger partial charge is 0.385 e. The minimum atomic E-state index is 0.423. The molecule has 0 atom stereocenters. The summed E-state index contributed by atoms with van der Waals surface area (Å²) >= 11 is 0. The molecule has 0 aromatic carbocycles. The first-order valence-corrected chi connectivity index (χ1v) is 4.96. The second-order valence-electron chi connectivity index (χ2n) is 3.30. The van der Waals surface area contributed by atoms with E-state index < -0.39 is 0 Å². The zero-order chi connectivity index (χ0) is 11.2. The summed E-state index contributed by atoms with van der Waals surface area (Å²) in [5.74, 6) is 0. The Hall–Kier alpha value is -2.35. The minimum absolute atomic E-state index is 0.423. The average molecular weight is 213 g/mol. The van der Waals surface area contributed by atoms with Crippen LogP contribution in [-0.2, 0) is 6.42 Å². The third-order valence-corrected chi connectivity index (χ3v) is 2.15. The van der Waals surface area contributed by atoms with Gasteiger partial charge in [-0.25, -0.2) is 9.97 Å². The Morgan fingerprint density at radius 3 is 3.19 bits per heavy atom. The SMILES string of the molecule is N#Cc1cc(NCCc2cnc[nH]2)ccn1. The second kappa shape index (κ2) is 4.94. The van der Waals surface area contributed by atoms with Crippen molar-refractivity contribution in [2.45, 2.75) is 6.42 Å². The number of anilines is 1. The van der Waals surface area contributed by atoms with E-state index in [2.05, 4.69) is 20.3 Å². The highest BCUT2D eigenvalue weighted by Crippen LogP contribution is 2.07. The van der Waals surface area contributed by atoms with Crippen LogP contribution in [0, 0.1) is 11.3 Å². The molecule has 0 aliphatic heterocycles. The van der Waals surface area contributed by atoms with Gasteiger partial charge in [-0.05, 0) is 12.1 Å². The maximum absolute atomic E-state index is 8.68. The van der Waals surface area contributed by atoms with E-state index in [4.69, 9.17) is 5.26 Å². The number of nitriles is 1. The number of nitrogens with one attached hydrogen (secondary N) is 2. The second-order valence-corrected chi connectivity index (χ2v) is 3.30. The normalized spacial score (nSPS) is 9.69. The van der Waals surface area contributed by atoms with Crippen molar-refractivity contribution in [1.29, 1.82) is 5.26 Å². The van der Waals surface area contributed by atoms with E-state index >= 15 is 0 Å². The molecule has 16 heavy (non-hydrogen) atoms. The van der Waals surface area contributed by atoms with Crippen LogP contribution in [0.2, 0.25) is 0 Å². The number of H-pyrrole nitrogens is 1. The summed E-state index contributed by atoms with van der Waals surface area (Å²) in [6.45, 7) is 0.789. The Bertz CT molecular complexity index is 483. The first-order valence-electron chi connectivity index (χ1n) is 4.96. The molecule has 0 amide bonds. The molecule has 5 heteroatoms. The maximum Gasteiger partial charge on any atom is 0.142 e. The molecule has 0 radical (unpaired) electrons. The number of aromatic nitrogens is 3. The Morgan fingerprint density at radius 1 is 1.50 bits per heavy atom. The summed E-state index contributed by atoms with van der Waals surface area (Å²) in [6.07, 6.45) is 5.95. The molecule has 2 aromatic heterocycles. The van der Waals surface area contributed by atoms with Gasteiger partial charge < -0.3 is 10.3 Å². The third kappa shape index (κ3) is 2.58. The Labute approximate surface area is 93.2 Å². The molecule has 0 fully saturated rings. The Morgan fingerprint density at radius 2 is 2.44 bits per heavy atom. The highest BCUT2D eigenvalue weighted by atomic mass is 14.9. The summed E-state index contributed by atoms with van der Waals surface area (Å²) in [4.78, 5) is 10.9. The first-order chi connectivity index (χ1) is 7.88. The molecule has 0 aliphatic rings. The van der Waals surface area contributed by atoms with Gasteiger partial charge in [0, 0.05) is 36.7 Å². The molecule has 0 saturated carbocycles. The van der Waals surface area contributed by atoms with Gasteiger partial charge in [-0.15, -0.1) is 0 Å². The van der Waals surface area contributed by atoms with Gasteiger partial charge >= 0.3 is 0 Å². The number of imidazole rings is 1. The fourth-order valence-corrected chi connectivity index (χ4v) is 1.36. The lowest BCUT2D eigenvalue weighted by molar-refractivity contribution is 0.976. The first kappa shape index (κ1) is 10.2. The van der Waals surface area contributed by atoms with Crippen LogP contribution in [0.3, 0.4) is 0 Å². The van der Waals surface area contributed by atoms with Gasteiger partial charge in [-0.3, -0.25) is 0 Å². The number of aromatic amines is 1. The van der Waals surface area contributed by atoms with E-state index in [-0.39, 0.29) is 0 Å². The van der Waals surface area contributed by atoms with E-state index in [0.29, 0.717) is 5.69 Å². The van der Waals surface area contributed by atoms with Crippen molar-refractivity contribution < 1.29 is 0 Å². The molecule has 0 unspecified atom stereocenters. The summed E-state index contributed by atoms with van der Waals surface area (Å²) in [5, 5.41) is 11.9. The molecule has 2 N–H and O–H groups in total. The molecular weight excluding hydrogens is 202 g/mol. The lowest BCUT2D eigenvalue weighted by Crippen LogP contribution is -2.05. The summed E-state index contributed by atoms with van der Waals surface area (Å²) in [7, 11) is 0. The van der Waals surface area contributed by atoms with Crippen molar-refractivity contribution in [1.82, 2.24) is 15.0 Å². The lowest BCUT2D eigenvalue weighted by Gasteiger charge is -2.04. The average Bonchev–Trinajstić information content (AvgIpc) is 2.82. The van der Waals surface area contributed by atoms with Crippen molar-refractivity contribution >= 4 is 5.69 Å². The summed E-state index contributed by atoms with van der Waals surface area (Å²) < 4.78 is 0. The van der Waals surface area contributed by atoms with E-state index in [9.17, 15) is 0 Å². The fourth-order valence-electron chi connectivity index (χ4n) is 1.36. The molecule has 80 valence electrons. The monoisotopic (exact) mass is 213 g/mol. The number of rotatable bonds is 4. The highest BCUT2D eigenvalue weighted by Gasteiger charge is 1.96. The highest BCUT2D eigenvalue weighted by molar-refractivity contribution is 5.45. The number of pyridine rings is 1. The van der Waals surface area contributed by atoms with E-state index in [0.717, 1.165) is 24.3 Å². The zero-order valence-electron chi connectivity index (χ0n) is 8.64. The standard InChI is InChI=1S/C11H11N5/c12-6-11-5-9(1-3-15-11)14-4-2-10-7-13-8-16-10/h1,3,5,7-8H,2,4H2,(H,13,16)(H,14,15). The minimum Gasteiger partial charge on any atom is -0.385 e. The van der Waals surface area contributed by atoms with Crippen molar-refractivity contribution in [2.24, 2.45) is 0 Å². The van der Waals surface area contributed by atoms with Crippen LogP contribution in [0.5, 0.6) is 0 Å². The molecule has 2 heterocycles. The zero-order valence-corrected chi connectivity index (χ0v) is 8.64. The molecule has 2 aromatic rings. The van der Waals surface area contributed by atoms with Crippen LogP contribution in [0.1, 0.15) is 11.4 Å². The van der Waals surface area contributed by atoms with Crippen LogP contribution in [0.4, 0.5) is 5.69 Å². The molecule has 5 nitrogen and oxygen atoms in total. The number of hydrogen-bond acceptors (Lipinski definition) is 4. The molecule has 0 saturated heterocycles. The molecule has 2 rings (SSSR count). The topological polar surface area (TPSA) is 77.4 Å². The molecular formula is C11H11N5. The third-order valence-electron chi connectivity index (χ3n) is 2.15. The number of nitrogens with zero attached hydrogens (tertiary/aromatic N) is 3. The smallest absolute Gasteiger partial charge is 0.142 e. The van der Waals surface area contributed by atoms with Gasteiger partial charge in [0.25, 0.3) is 0 Å². The van der Waals surface area contributed by atoms with Crippen LogP contribution >= 0.6 is 0 Å². The van der Waals surface area contributed by atoms with Crippen LogP contribution in [0.15, 0.2) is 30.9 Å². The number of hydrogen-bond donors (Lipinski definition) is 2. The molecule has 0 bridgehead atoms. The Kier molecular flexibility index (Phi) is 3.14. The molecule has 0 spiro atoms. The lowest BCUT2D eigenvalue weighted by atomic mass is 10.3. The van der Waals surface area contributed by atoms with Crippen molar-refractivity contribution in [2.75, 3.05) is 11.9 Å². The van der Waals surface area contributed by atoms with Crippen molar-refractivity contribution in [3.8, 4) is 6.07 Å². The van der Waals surface area contributed by atoms with Crippen molar-refractivity contribution in [3.63, 3.8) is 0 Å². The maximum atomic E-state index is 8.68. The fraction of sp³-hybridized carbons (Fsp3) is 0.182. The van der Waals surface area contributed by atoms with Crippen LogP contribution in [-0.4, -0.2) is 21.5 Å². The van der Waals surface area contributed by atoms with Gasteiger partial charge in [-0.1, -0.05) is 0 Å². The predicted molar refractivity (Wildman–Crippen MR) is 59.7 cm³/mol. The summed E-state index contributed by atoms with van der Waals surface area (Å²) in [5.41, 5.74) is 2.42. The van der Waals surface area contributed by atoms with E-state index in [1.807, 2.05) is 12.1 Å². The van der Waals surface area contributed by atoms with Gasteiger partial charge in [0.05, 0.1) is 6.33 Å². The van der Waals surface area contributed by atoms with Gasteiger partial charge in [-0.2, -0.15) is 5.26 Å². The predicted octanol–water partition coefficient (Wildman–Crippen LogP) is 1.33. The van der Waals surface area contributed by atoms with Gasteiger partial charge in [0.2, 0.25) is 0 Å². The van der Waals surface area contributed by atoms with E-state index in [1.165, 1.54) is 0 Å². The van der Waals surface area contributed by atoms with Crippen LogP contribution in [0.25, 0.3) is 0 Å². The summed E-state index contributed by atoms with van der Waals surface area (Å²) in [6, 6.07) is 5.57. The van der Waals surface area contributed by atoms with Crippen molar-refractivity contribution in [3.05, 3.63) is 42.2 Å². The van der Waals surface area contributed by atoms with Crippen LogP contribution < -0.4 is 5.32 Å².